The molecule has 0 aliphatic carbocycles. The van der Waals surface area contributed by atoms with Crippen molar-refractivity contribution in [2.24, 2.45) is 0 Å². The van der Waals surface area contributed by atoms with Gasteiger partial charge in [0, 0.05) is 5.56 Å². The molecule has 0 bridgehead atoms. The van der Waals surface area contributed by atoms with E-state index in [4.69, 9.17) is 10.00 Å². The average Bonchev–Trinajstić information content (AvgIpc) is 2.42. The molecule has 0 N–H and O–H groups in total. The summed E-state index contributed by atoms with van der Waals surface area (Å²) in [7, 11) is 0. The molecule has 0 spiro atoms. The molecule has 0 amide bonds. The van der Waals surface area contributed by atoms with Crippen molar-refractivity contribution in [1.82, 2.24) is 0 Å². The molecule has 0 unspecified atom stereocenters. The van der Waals surface area contributed by atoms with Crippen LogP contribution >= 0.6 is 0 Å². The third-order valence-electron chi connectivity index (χ3n) is 2.68. The maximum Gasteiger partial charge on any atom is 0.159 e. The van der Waals surface area contributed by atoms with Crippen LogP contribution in [0.2, 0.25) is 0 Å². The summed E-state index contributed by atoms with van der Waals surface area (Å²) in [4.78, 5) is 11.3. The molecule has 0 saturated carbocycles. The summed E-state index contributed by atoms with van der Waals surface area (Å²) < 4.78 is 5.67. The number of hydrogen-bond acceptors (Lipinski definition) is 3. The molecule has 0 aromatic heterocycles. The minimum absolute atomic E-state index is 0.00909. The first-order valence-electron chi connectivity index (χ1n) is 5.94. The molecule has 0 aliphatic heterocycles. The molecule has 0 saturated heterocycles. The Morgan fingerprint density at radius 2 is 1.89 bits per heavy atom. The summed E-state index contributed by atoms with van der Waals surface area (Å²) in [5.74, 6) is 1.32. The Kier molecular flexibility index (Phi) is 3.94. The molecule has 0 atom stereocenters. The van der Waals surface area contributed by atoms with E-state index in [1.807, 2.05) is 24.3 Å². The van der Waals surface area contributed by atoms with E-state index in [1.165, 1.54) is 6.92 Å². The normalized spacial score (nSPS) is 9.68. The van der Waals surface area contributed by atoms with Crippen LogP contribution in [-0.2, 0) is 6.42 Å². The third kappa shape index (κ3) is 3.43. The van der Waals surface area contributed by atoms with Gasteiger partial charge in [-0.15, -0.1) is 0 Å². The van der Waals surface area contributed by atoms with Crippen LogP contribution in [-0.4, -0.2) is 5.78 Å². The van der Waals surface area contributed by atoms with Crippen LogP contribution in [0.15, 0.2) is 48.5 Å². The van der Waals surface area contributed by atoms with Crippen LogP contribution in [0.3, 0.4) is 0 Å². The lowest BCUT2D eigenvalue weighted by atomic mass is 10.1. The topological polar surface area (TPSA) is 50.1 Å². The monoisotopic (exact) mass is 251 g/mol. The van der Waals surface area contributed by atoms with Gasteiger partial charge in [0.05, 0.1) is 12.5 Å². The van der Waals surface area contributed by atoms with Crippen molar-refractivity contribution < 1.29 is 9.53 Å². The zero-order valence-electron chi connectivity index (χ0n) is 10.6. The number of nitriles is 1. The second-order valence-corrected chi connectivity index (χ2v) is 4.16. The van der Waals surface area contributed by atoms with Crippen molar-refractivity contribution in [2.45, 2.75) is 13.3 Å². The number of Topliss-reactive ketones (excluding diaryl/α,β-unsaturated/α-hetero) is 1. The molecule has 19 heavy (non-hydrogen) atoms. The Hall–Kier alpha value is -2.60. The Balaban J connectivity index is 2.14. The SMILES string of the molecule is CC(=O)c1cccc(Oc2ccc(CC#N)cc2)c1. The highest BCUT2D eigenvalue weighted by atomic mass is 16.5. The lowest BCUT2D eigenvalue weighted by molar-refractivity contribution is 0.101. The van der Waals surface area contributed by atoms with E-state index in [0.29, 0.717) is 23.5 Å². The Labute approximate surface area is 112 Å². The highest BCUT2D eigenvalue weighted by Crippen LogP contribution is 2.22. The van der Waals surface area contributed by atoms with Crippen LogP contribution in [0.5, 0.6) is 11.5 Å². The van der Waals surface area contributed by atoms with Crippen LogP contribution in [0.25, 0.3) is 0 Å². The van der Waals surface area contributed by atoms with Gasteiger partial charge in [0.1, 0.15) is 11.5 Å². The highest BCUT2D eigenvalue weighted by molar-refractivity contribution is 5.94. The molecule has 2 aromatic rings. The molecule has 0 fully saturated rings. The van der Waals surface area contributed by atoms with E-state index in [2.05, 4.69) is 6.07 Å². The highest BCUT2D eigenvalue weighted by Gasteiger charge is 2.02. The van der Waals surface area contributed by atoms with Gasteiger partial charge in [-0.3, -0.25) is 4.79 Å². The number of nitrogens with zero attached hydrogens (tertiary/aromatic N) is 1. The second kappa shape index (κ2) is 5.83. The summed E-state index contributed by atoms with van der Waals surface area (Å²) in [6, 6.07) is 16.5. The van der Waals surface area contributed by atoms with E-state index in [1.54, 1.807) is 24.3 Å². The molecule has 0 heterocycles. The van der Waals surface area contributed by atoms with E-state index < -0.39 is 0 Å². The Bertz CT molecular complexity index is 624. The average molecular weight is 251 g/mol. The van der Waals surface area contributed by atoms with Crippen LogP contribution in [0.4, 0.5) is 0 Å². The van der Waals surface area contributed by atoms with Gasteiger partial charge in [0.15, 0.2) is 5.78 Å². The molecular weight excluding hydrogens is 238 g/mol. The first kappa shape index (κ1) is 12.8. The molecule has 94 valence electrons. The number of rotatable bonds is 4. The first-order valence-corrected chi connectivity index (χ1v) is 5.94. The standard InChI is InChI=1S/C16H13NO2/c1-12(18)14-3-2-4-16(11-14)19-15-7-5-13(6-8-15)9-10-17/h2-8,11H,9H2,1H3. The number of carbonyl (C=O) groups is 1. The zero-order chi connectivity index (χ0) is 13.7. The van der Waals surface area contributed by atoms with Crippen molar-refractivity contribution in [2.75, 3.05) is 0 Å². The minimum atomic E-state index is 0.00909. The lowest BCUT2D eigenvalue weighted by Gasteiger charge is -2.07. The second-order valence-electron chi connectivity index (χ2n) is 4.16. The minimum Gasteiger partial charge on any atom is -0.457 e. The largest absolute Gasteiger partial charge is 0.457 e. The van der Waals surface area contributed by atoms with Crippen molar-refractivity contribution in [1.29, 1.82) is 5.26 Å². The number of ketones is 1. The Morgan fingerprint density at radius 3 is 2.53 bits per heavy atom. The predicted molar refractivity (Wildman–Crippen MR) is 72.3 cm³/mol. The molecule has 3 heteroatoms. The predicted octanol–water partition coefficient (Wildman–Crippen LogP) is 3.75. The summed E-state index contributed by atoms with van der Waals surface area (Å²) in [6.07, 6.45) is 0.389. The number of benzene rings is 2. The van der Waals surface area contributed by atoms with Gasteiger partial charge < -0.3 is 4.74 Å². The van der Waals surface area contributed by atoms with Crippen LogP contribution in [0.1, 0.15) is 22.8 Å². The maximum atomic E-state index is 11.3. The van der Waals surface area contributed by atoms with Crippen molar-refractivity contribution in [3.8, 4) is 17.6 Å². The van der Waals surface area contributed by atoms with Gasteiger partial charge in [0.2, 0.25) is 0 Å². The molecule has 0 radical (unpaired) electrons. The lowest BCUT2D eigenvalue weighted by Crippen LogP contribution is -1.92. The maximum absolute atomic E-state index is 11.3. The smallest absolute Gasteiger partial charge is 0.159 e. The fourth-order valence-corrected chi connectivity index (χ4v) is 1.68. The summed E-state index contributed by atoms with van der Waals surface area (Å²) in [6.45, 7) is 1.52. The van der Waals surface area contributed by atoms with Crippen LogP contribution in [0, 0.1) is 11.3 Å². The van der Waals surface area contributed by atoms with E-state index in [0.717, 1.165) is 5.56 Å². The van der Waals surface area contributed by atoms with Crippen molar-refractivity contribution >= 4 is 5.78 Å². The van der Waals surface area contributed by atoms with Crippen molar-refractivity contribution in [3.05, 3.63) is 59.7 Å². The molecular formula is C16H13NO2. The van der Waals surface area contributed by atoms with E-state index in [9.17, 15) is 4.79 Å². The Morgan fingerprint density at radius 1 is 1.16 bits per heavy atom. The molecule has 2 aromatic carbocycles. The van der Waals surface area contributed by atoms with E-state index >= 15 is 0 Å². The molecule has 2 rings (SSSR count). The number of carbonyl (C=O) groups excluding carboxylic acids is 1. The van der Waals surface area contributed by atoms with Crippen LogP contribution < -0.4 is 4.74 Å². The van der Waals surface area contributed by atoms with Gasteiger partial charge in [0.25, 0.3) is 0 Å². The van der Waals surface area contributed by atoms with Crippen molar-refractivity contribution in [3.63, 3.8) is 0 Å². The van der Waals surface area contributed by atoms with E-state index in [-0.39, 0.29) is 5.78 Å². The number of ether oxygens (including phenoxy) is 1. The quantitative estimate of drug-likeness (QED) is 0.777. The summed E-state index contributed by atoms with van der Waals surface area (Å²) >= 11 is 0. The summed E-state index contributed by atoms with van der Waals surface area (Å²) in [5.41, 5.74) is 1.57. The van der Waals surface area contributed by atoms with Gasteiger partial charge in [-0.05, 0) is 36.8 Å². The van der Waals surface area contributed by atoms with Gasteiger partial charge >= 0.3 is 0 Å². The fraction of sp³-hybridized carbons (Fsp3) is 0.125. The summed E-state index contributed by atoms with van der Waals surface area (Å²) in [5, 5.41) is 8.59. The van der Waals surface area contributed by atoms with Gasteiger partial charge in [-0.2, -0.15) is 5.26 Å². The number of hydrogen-bond donors (Lipinski definition) is 0. The third-order valence-corrected chi connectivity index (χ3v) is 2.68. The first-order chi connectivity index (χ1) is 9.19. The zero-order valence-corrected chi connectivity index (χ0v) is 10.6. The van der Waals surface area contributed by atoms with Gasteiger partial charge in [-0.25, -0.2) is 0 Å². The molecule has 0 aliphatic rings. The molecule has 3 nitrogen and oxygen atoms in total. The van der Waals surface area contributed by atoms with Gasteiger partial charge in [-0.1, -0.05) is 24.3 Å². The fourth-order valence-electron chi connectivity index (χ4n) is 1.68.